The summed E-state index contributed by atoms with van der Waals surface area (Å²) >= 11 is 5.72. The molecule has 0 unspecified atom stereocenters. The summed E-state index contributed by atoms with van der Waals surface area (Å²) in [5.74, 6) is -4.57. The van der Waals surface area contributed by atoms with Crippen molar-refractivity contribution in [2.24, 2.45) is 0 Å². The van der Waals surface area contributed by atoms with Crippen molar-refractivity contribution in [2.75, 3.05) is 0 Å². The predicted octanol–water partition coefficient (Wildman–Crippen LogP) is 6.16. The van der Waals surface area contributed by atoms with Gasteiger partial charge >= 0.3 is 18.2 Å². The molecule has 0 N–H and O–H groups in total. The maximum atomic E-state index is 14.6. The highest BCUT2D eigenvalue weighted by Gasteiger charge is 2.39. The van der Waals surface area contributed by atoms with Crippen molar-refractivity contribution in [3.05, 3.63) is 58.7 Å². The minimum atomic E-state index is -4.92. The lowest BCUT2D eigenvalue weighted by Crippen LogP contribution is -2.05. The zero-order valence-electron chi connectivity index (χ0n) is 13.1. The molecular formula is C16H5ClF7N2O2. The van der Waals surface area contributed by atoms with Crippen LogP contribution < -0.4 is 4.74 Å². The highest BCUT2D eigenvalue weighted by Crippen LogP contribution is 2.38. The molecule has 0 atom stereocenters. The van der Waals surface area contributed by atoms with Gasteiger partial charge in [0.1, 0.15) is 5.75 Å². The number of nitrogens with zero attached hydrogens (tertiary/aromatic N) is 2. The Morgan fingerprint density at radius 1 is 1.04 bits per heavy atom. The molecule has 3 aromatic rings. The molecule has 0 spiro atoms. The molecule has 4 nitrogen and oxygen atoms in total. The Balaban J connectivity index is 1.93. The van der Waals surface area contributed by atoms with Crippen LogP contribution in [-0.4, -0.2) is 10.1 Å². The van der Waals surface area contributed by atoms with Gasteiger partial charge in [0.2, 0.25) is 5.82 Å². The summed E-state index contributed by atoms with van der Waals surface area (Å²) in [7, 11) is 0. The van der Waals surface area contributed by atoms with E-state index in [1.165, 1.54) is 0 Å². The number of alkyl halides is 6. The standard InChI is InChI=1S/C16H5ClF7N2O2/c17-9-6-7(15(19,20)21)4-5-10(9)27-11-3-1-2-8(12(11)18)13-25-14(28-26-13)16(22,23)24/h1-2,4-6H. The van der Waals surface area contributed by atoms with E-state index < -0.39 is 51.8 Å². The molecule has 0 saturated carbocycles. The number of hydrogen-bond acceptors (Lipinski definition) is 4. The van der Waals surface area contributed by atoms with Gasteiger partial charge in [-0.1, -0.05) is 16.8 Å². The van der Waals surface area contributed by atoms with Crippen molar-refractivity contribution in [1.82, 2.24) is 10.1 Å². The highest BCUT2D eigenvalue weighted by molar-refractivity contribution is 6.32. The lowest BCUT2D eigenvalue weighted by Gasteiger charge is -2.12. The summed E-state index contributed by atoms with van der Waals surface area (Å²) in [5.41, 5.74) is -1.55. The van der Waals surface area contributed by atoms with Gasteiger partial charge in [0.25, 0.3) is 0 Å². The van der Waals surface area contributed by atoms with Crippen molar-refractivity contribution in [2.45, 2.75) is 12.4 Å². The van der Waals surface area contributed by atoms with Gasteiger partial charge in [-0.3, -0.25) is 0 Å². The van der Waals surface area contributed by atoms with E-state index in [1.807, 2.05) is 0 Å². The molecule has 0 aliphatic rings. The minimum Gasteiger partial charge on any atom is -0.452 e. The predicted molar refractivity (Wildman–Crippen MR) is 80.1 cm³/mol. The van der Waals surface area contributed by atoms with Crippen LogP contribution in [0.5, 0.6) is 11.5 Å². The molecule has 12 heteroatoms. The molecule has 0 saturated heterocycles. The quantitative estimate of drug-likeness (QED) is 0.472. The van der Waals surface area contributed by atoms with Crippen molar-refractivity contribution < 1.29 is 40.0 Å². The van der Waals surface area contributed by atoms with Gasteiger partial charge in [-0.2, -0.15) is 31.3 Å². The van der Waals surface area contributed by atoms with Gasteiger partial charge in [-0.25, -0.2) is 4.39 Å². The van der Waals surface area contributed by atoms with Gasteiger partial charge in [0.15, 0.2) is 11.6 Å². The molecule has 1 aromatic heterocycles. The molecular weight excluding hydrogens is 421 g/mol. The third kappa shape index (κ3) is 4.03. The summed E-state index contributed by atoms with van der Waals surface area (Å²) in [6.07, 6.45) is -9.57. The second-order valence-electron chi connectivity index (χ2n) is 5.20. The average molecular weight is 426 g/mol. The van der Waals surface area contributed by atoms with E-state index in [1.54, 1.807) is 0 Å². The second kappa shape index (κ2) is 6.97. The summed E-state index contributed by atoms with van der Waals surface area (Å²) < 4.78 is 99.2. The van der Waals surface area contributed by atoms with Crippen LogP contribution in [0.4, 0.5) is 30.7 Å². The number of benzene rings is 2. The van der Waals surface area contributed by atoms with Crippen LogP contribution in [0.3, 0.4) is 0 Å². The fourth-order valence-corrected chi connectivity index (χ4v) is 2.24. The first-order valence-electron chi connectivity index (χ1n) is 7.13. The smallest absolute Gasteiger partial charge is 0.452 e. The third-order valence-corrected chi connectivity index (χ3v) is 3.58. The Kier molecular flexibility index (Phi) is 4.96. The molecule has 3 rings (SSSR count). The van der Waals surface area contributed by atoms with Gasteiger partial charge in [-0.05, 0) is 30.3 Å². The lowest BCUT2D eigenvalue weighted by molar-refractivity contribution is -0.159. The van der Waals surface area contributed by atoms with Gasteiger partial charge in [0.05, 0.1) is 16.1 Å². The topological polar surface area (TPSA) is 48.2 Å². The van der Waals surface area contributed by atoms with Crippen molar-refractivity contribution in [3.63, 3.8) is 0 Å². The monoisotopic (exact) mass is 425 g/mol. The molecule has 1 heterocycles. The Hall–Kier alpha value is -2.82. The van der Waals surface area contributed by atoms with Gasteiger partial charge in [-0.15, -0.1) is 0 Å². The van der Waals surface area contributed by atoms with E-state index in [-0.39, 0.29) is 5.75 Å². The van der Waals surface area contributed by atoms with Gasteiger partial charge in [0, 0.05) is 6.07 Å². The summed E-state index contributed by atoms with van der Waals surface area (Å²) in [6, 6.07) is 6.53. The highest BCUT2D eigenvalue weighted by atomic mass is 35.5. The molecule has 147 valence electrons. The fourth-order valence-electron chi connectivity index (χ4n) is 2.02. The summed E-state index contributed by atoms with van der Waals surface area (Å²) in [5, 5.41) is 2.59. The largest absolute Gasteiger partial charge is 0.471 e. The molecule has 28 heavy (non-hydrogen) atoms. The molecule has 2 aromatic carbocycles. The van der Waals surface area contributed by atoms with Crippen molar-refractivity contribution in [1.29, 1.82) is 0 Å². The van der Waals surface area contributed by atoms with Crippen LogP contribution >= 0.6 is 11.6 Å². The Morgan fingerprint density at radius 2 is 1.75 bits per heavy atom. The maximum absolute atomic E-state index is 14.6. The zero-order chi connectivity index (χ0) is 20.7. The molecule has 1 radical (unpaired) electrons. The average Bonchev–Trinajstić information content (AvgIpc) is 3.07. The third-order valence-electron chi connectivity index (χ3n) is 3.28. The summed E-state index contributed by atoms with van der Waals surface area (Å²) in [4.78, 5) is 3.05. The molecule has 0 bridgehead atoms. The van der Waals surface area contributed by atoms with Crippen molar-refractivity contribution >= 4 is 11.6 Å². The van der Waals surface area contributed by atoms with Crippen LogP contribution in [-0.2, 0) is 12.4 Å². The zero-order valence-corrected chi connectivity index (χ0v) is 13.9. The van der Waals surface area contributed by atoms with Crippen LogP contribution in [0.1, 0.15) is 11.5 Å². The Bertz CT molecular complexity index is 1010. The molecule has 0 aliphatic heterocycles. The first kappa shape index (κ1) is 19.9. The first-order valence-corrected chi connectivity index (χ1v) is 7.50. The molecule has 0 fully saturated rings. The van der Waals surface area contributed by atoms with Gasteiger partial charge < -0.3 is 9.26 Å². The lowest BCUT2D eigenvalue weighted by atomic mass is 10.2. The number of halogens is 8. The van der Waals surface area contributed by atoms with Crippen LogP contribution in [0.2, 0.25) is 5.02 Å². The number of ether oxygens (including phenoxy) is 1. The van der Waals surface area contributed by atoms with E-state index in [4.69, 9.17) is 16.3 Å². The maximum Gasteiger partial charge on any atom is 0.471 e. The van der Waals surface area contributed by atoms with Crippen molar-refractivity contribution in [3.8, 4) is 22.9 Å². The normalized spacial score (nSPS) is 12.3. The van der Waals surface area contributed by atoms with E-state index in [9.17, 15) is 30.7 Å². The summed E-state index contributed by atoms with van der Waals surface area (Å²) in [6.45, 7) is 0. The SMILES string of the molecule is Fc1c(Oc2ccc(C(F)(F)F)cc2Cl)[c]ccc1-c1noc(C(F)(F)F)n1. The van der Waals surface area contributed by atoms with E-state index in [0.29, 0.717) is 12.1 Å². The van der Waals surface area contributed by atoms with Crippen LogP contribution in [0, 0.1) is 11.9 Å². The van der Waals surface area contributed by atoms with Crippen LogP contribution in [0.25, 0.3) is 11.4 Å². The number of rotatable bonds is 3. The molecule has 0 amide bonds. The number of aromatic nitrogens is 2. The Labute approximate surface area is 156 Å². The van der Waals surface area contributed by atoms with E-state index in [2.05, 4.69) is 20.7 Å². The van der Waals surface area contributed by atoms with E-state index in [0.717, 1.165) is 18.2 Å². The Morgan fingerprint density at radius 3 is 2.32 bits per heavy atom. The fraction of sp³-hybridized carbons (Fsp3) is 0.125. The molecule has 0 aliphatic carbocycles. The minimum absolute atomic E-state index is 0.328. The second-order valence-corrected chi connectivity index (χ2v) is 5.61. The van der Waals surface area contributed by atoms with Crippen LogP contribution in [0.15, 0.2) is 34.9 Å². The first-order chi connectivity index (χ1) is 13.0. The number of hydrogen-bond donors (Lipinski definition) is 0. The van der Waals surface area contributed by atoms with E-state index >= 15 is 0 Å².